The monoisotopic (exact) mass is 282 g/mol. The fourth-order valence-corrected chi connectivity index (χ4v) is 1.81. The molecule has 1 aromatic heterocycles. The molecule has 0 N–H and O–H groups in total. The topological polar surface area (TPSA) is 65.3 Å². The van der Waals surface area contributed by atoms with Gasteiger partial charge in [-0.2, -0.15) is 0 Å². The van der Waals surface area contributed by atoms with E-state index in [1.165, 1.54) is 31.4 Å². The standard InChI is InChI=1S/C12H8ClFN2O3/c1-19-11-3-2-7(14)4-9(11)10-5-8(16(17)18)6-12(13)15-10/h2-6H,1H3. The number of hydrogen-bond acceptors (Lipinski definition) is 4. The zero-order chi connectivity index (χ0) is 14.0. The third-order valence-corrected chi connectivity index (χ3v) is 2.62. The molecule has 0 spiro atoms. The second-order valence-electron chi connectivity index (χ2n) is 3.64. The van der Waals surface area contributed by atoms with Crippen LogP contribution in [0.5, 0.6) is 5.75 Å². The van der Waals surface area contributed by atoms with Crippen molar-refractivity contribution < 1.29 is 14.1 Å². The van der Waals surface area contributed by atoms with E-state index in [1.807, 2.05) is 0 Å². The van der Waals surface area contributed by atoms with Crippen LogP contribution in [-0.2, 0) is 0 Å². The first-order chi connectivity index (χ1) is 9.01. The van der Waals surface area contributed by atoms with Crippen LogP contribution >= 0.6 is 11.6 Å². The van der Waals surface area contributed by atoms with Gasteiger partial charge in [-0.25, -0.2) is 9.37 Å². The lowest BCUT2D eigenvalue weighted by Crippen LogP contribution is -1.94. The van der Waals surface area contributed by atoms with E-state index in [0.717, 1.165) is 6.07 Å². The molecule has 19 heavy (non-hydrogen) atoms. The van der Waals surface area contributed by atoms with Gasteiger partial charge in [-0.05, 0) is 18.2 Å². The van der Waals surface area contributed by atoms with Crippen LogP contribution in [0.15, 0.2) is 30.3 Å². The molecule has 7 heteroatoms. The molecule has 1 heterocycles. The van der Waals surface area contributed by atoms with Crippen LogP contribution in [-0.4, -0.2) is 17.0 Å². The molecule has 0 fully saturated rings. The highest BCUT2D eigenvalue weighted by Gasteiger charge is 2.15. The number of benzene rings is 1. The number of aromatic nitrogens is 1. The summed E-state index contributed by atoms with van der Waals surface area (Å²) in [6.07, 6.45) is 0. The summed E-state index contributed by atoms with van der Waals surface area (Å²) < 4.78 is 18.4. The number of hydrogen-bond donors (Lipinski definition) is 0. The minimum absolute atomic E-state index is 0.0458. The first-order valence-electron chi connectivity index (χ1n) is 5.17. The van der Waals surface area contributed by atoms with E-state index in [1.54, 1.807) is 0 Å². The van der Waals surface area contributed by atoms with Gasteiger partial charge >= 0.3 is 0 Å². The number of pyridine rings is 1. The Labute approximate surface area is 112 Å². The van der Waals surface area contributed by atoms with Crippen LogP contribution in [0.2, 0.25) is 5.15 Å². The van der Waals surface area contributed by atoms with Gasteiger partial charge in [0.15, 0.2) is 0 Å². The van der Waals surface area contributed by atoms with Gasteiger partial charge in [0, 0.05) is 11.6 Å². The van der Waals surface area contributed by atoms with Gasteiger partial charge in [0.1, 0.15) is 16.7 Å². The van der Waals surface area contributed by atoms with Crippen molar-refractivity contribution in [3.05, 3.63) is 51.4 Å². The Morgan fingerprint density at radius 3 is 2.74 bits per heavy atom. The van der Waals surface area contributed by atoms with E-state index in [4.69, 9.17) is 16.3 Å². The van der Waals surface area contributed by atoms with E-state index in [0.29, 0.717) is 11.3 Å². The summed E-state index contributed by atoms with van der Waals surface area (Å²) in [5.41, 5.74) is 0.255. The molecule has 1 aromatic carbocycles. The summed E-state index contributed by atoms with van der Waals surface area (Å²) in [5.74, 6) is -0.148. The summed E-state index contributed by atoms with van der Waals surface area (Å²) in [6.45, 7) is 0. The van der Waals surface area contributed by atoms with E-state index in [2.05, 4.69) is 4.98 Å². The molecular formula is C12H8ClFN2O3. The van der Waals surface area contributed by atoms with Crippen molar-refractivity contribution in [2.45, 2.75) is 0 Å². The predicted octanol–water partition coefficient (Wildman–Crippen LogP) is 3.46. The van der Waals surface area contributed by atoms with E-state index in [9.17, 15) is 14.5 Å². The van der Waals surface area contributed by atoms with Crippen molar-refractivity contribution in [1.82, 2.24) is 4.98 Å². The molecule has 0 saturated carbocycles. The second-order valence-corrected chi connectivity index (χ2v) is 4.02. The molecule has 0 atom stereocenters. The van der Waals surface area contributed by atoms with E-state index >= 15 is 0 Å². The third-order valence-electron chi connectivity index (χ3n) is 2.43. The van der Waals surface area contributed by atoms with Crippen molar-refractivity contribution in [3.63, 3.8) is 0 Å². The normalized spacial score (nSPS) is 10.3. The van der Waals surface area contributed by atoms with Crippen molar-refractivity contribution >= 4 is 17.3 Å². The summed E-state index contributed by atoms with van der Waals surface area (Å²) >= 11 is 5.73. The first-order valence-corrected chi connectivity index (χ1v) is 5.55. The van der Waals surface area contributed by atoms with Crippen LogP contribution in [0.3, 0.4) is 0 Å². The smallest absolute Gasteiger partial charge is 0.274 e. The molecule has 0 aliphatic carbocycles. The zero-order valence-corrected chi connectivity index (χ0v) is 10.5. The molecule has 5 nitrogen and oxygen atoms in total. The quantitative estimate of drug-likeness (QED) is 0.491. The highest BCUT2D eigenvalue weighted by Crippen LogP contribution is 2.32. The molecule has 2 aromatic rings. The summed E-state index contributed by atoms with van der Waals surface area (Å²) in [7, 11) is 1.41. The van der Waals surface area contributed by atoms with Gasteiger partial charge in [-0.15, -0.1) is 0 Å². The van der Waals surface area contributed by atoms with Crippen LogP contribution in [0.4, 0.5) is 10.1 Å². The lowest BCUT2D eigenvalue weighted by molar-refractivity contribution is -0.384. The third kappa shape index (κ3) is 2.79. The maximum Gasteiger partial charge on any atom is 0.274 e. The van der Waals surface area contributed by atoms with Gasteiger partial charge in [0.2, 0.25) is 0 Å². The molecule has 0 amide bonds. The molecule has 0 aliphatic rings. The number of nitro groups is 1. The Balaban J connectivity index is 2.64. The Morgan fingerprint density at radius 1 is 1.37 bits per heavy atom. The predicted molar refractivity (Wildman–Crippen MR) is 67.8 cm³/mol. The lowest BCUT2D eigenvalue weighted by Gasteiger charge is -2.08. The molecule has 0 saturated heterocycles. The van der Waals surface area contributed by atoms with Gasteiger partial charge in [0.05, 0.1) is 23.8 Å². The van der Waals surface area contributed by atoms with Crippen molar-refractivity contribution in [2.24, 2.45) is 0 Å². The second kappa shape index (κ2) is 5.19. The molecule has 0 unspecified atom stereocenters. The molecule has 0 radical (unpaired) electrons. The molecule has 98 valence electrons. The Kier molecular flexibility index (Phi) is 3.62. The number of methoxy groups -OCH3 is 1. The highest BCUT2D eigenvalue weighted by molar-refractivity contribution is 6.29. The van der Waals surface area contributed by atoms with Gasteiger partial charge in [0.25, 0.3) is 5.69 Å². The van der Waals surface area contributed by atoms with Gasteiger partial charge in [-0.1, -0.05) is 11.6 Å². The largest absolute Gasteiger partial charge is 0.496 e. The van der Waals surface area contributed by atoms with Crippen LogP contribution in [0.25, 0.3) is 11.3 Å². The number of nitrogens with zero attached hydrogens (tertiary/aromatic N) is 2. The van der Waals surface area contributed by atoms with E-state index < -0.39 is 10.7 Å². The molecular weight excluding hydrogens is 275 g/mol. The van der Waals surface area contributed by atoms with Crippen molar-refractivity contribution in [2.75, 3.05) is 7.11 Å². The van der Waals surface area contributed by atoms with Crippen LogP contribution < -0.4 is 4.74 Å². The van der Waals surface area contributed by atoms with Gasteiger partial charge in [-0.3, -0.25) is 10.1 Å². The van der Waals surface area contributed by atoms with E-state index in [-0.39, 0.29) is 16.5 Å². The maximum absolute atomic E-state index is 13.3. The van der Waals surface area contributed by atoms with Crippen molar-refractivity contribution in [1.29, 1.82) is 0 Å². The van der Waals surface area contributed by atoms with Crippen molar-refractivity contribution in [3.8, 4) is 17.0 Å². The fraction of sp³-hybridized carbons (Fsp3) is 0.0833. The SMILES string of the molecule is COc1ccc(F)cc1-c1cc([N+](=O)[O-])cc(Cl)n1. The Morgan fingerprint density at radius 2 is 2.11 bits per heavy atom. The van der Waals surface area contributed by atoms with Gasteiger partial charge < -0.3 is 4.74 Å². The Hall–Kier alpha value is -2.21. The Bertz CT molecular complexity index is 649. The average Bonchev–Trinajstić information content (AvgIpc) is 2.37. The fourth-order valence-electron chi connectivity index (χ4n) is 1.61. The molecule has 0 bridgehead atoms. The number of halogens is 2. The summed E-state index contributed by atoms with van der Waals surface area (Å²) in [5, 5.41) is 10.7. The minimum atomic E-state index is -0.594. The highest BCUT2D eigenvalue weighted by atomic mass is 35.5. The zero-order valence-electron chi connectivity index (χ0n) is 9.76. The number of rotatable bonds is 3. The minimum Gasteiger partial charge on any atom is -0.496 e. The maximum atomic E-state index is 13.3. The summed E-state index contributed by atoms with van der Waals surface area (Å²) in [6, 6.07) is 6.15. The molecule has 0 aliphatic heterocycles. The first kappa shape index (κ1) is 13.2. The van der Waals surface area contributed by atoms with Crippen LogP contribution in [0.1, 0.15) is 0 Å². The number of ether oxygens (including phenoxy) is 1. The van der Waals surface area contributed by atoms with Crippen LogP contribution in [0, 0.1) is 15.9 Å². The molecule has 2 rings (SSSR count). The lowest BCUT2D eigenvalue weighted by atomic mass is 10.1. The average molecular weight is 283 g/mol. The summed E-state index contributed by atoms with van der Waals surface area (Å²) in [4.78, 5) is 14.1.